The molecular formula is C15H28N2O3. The topological polar surface area (TPSA) is 60.9 Å². The van der Waals surface area contributed by atoms with Gasteiger partial charge in [0.15, 0.2) is 0 Å². The van der Waals surface area contributed by atoms with Crippen molar-refractivity contribution in [1.82, 2.24) is 4.90 Å². The first-order valence-electron chi connectivity index (χ1n) is 7.39. The molecule has 116 valence electrons. The quantitative estimate of drug-likeness (QED) is 0.630. The van der Waals surface area contributed by atoms with Crippen molar-refractivity contribution >= 4 is 0 Å². The molecule has 0 bridgehead atoms. The van der Waals surface area contributed by atoms with Crippen molar-refractivity contribution in [3.8, 4) is 0 Å². The minimum absolute atomic E-state index is 0.0237. The summed E-state index contributed by atoms with van der Waals surface area (Å²) < 4.78 is 16.5. The molecule has 0 saturated heterocycles. The van der Waals surface area contributed by atoms with Gasteiger partial charge in [-0.3, -0.25) is 4.90 Å². The molecule has 1 heterocycles. The van der Waals surface area contributed by atoms with E-state index in [2.05, 4.69) is 4.90 Å². The number of rotatable bonds is 11. The van der Waals surface area contributed by atoms with Crippen LogP contribution in [0, 0.1) is 0 Å². The van der Waals surface area contributed by atoms with Gasteiger partial charge in [-0.25, -0.2) is 0 Å². The molecule has 1 aromatic heterocycles. The molecule has 0 spiro atoms. The zero-order valence-electron chi connectivity index (χ0n) is 12.9. The maximum atomic E-state index is 6.15. The van der Waals surface area contributed by atoms with Crippen LogP contribution in [0.3, 0.4) is 0 Å². The van der Waals surface area contributed by atoms with E-state index in [1.807, 2.05) is 32.9 Å². The summed E-state index contributed by atoms with van der Waals surface area (Å²) in [4.78, 5) is 2.27. The molecule has 0 aromatic carbocycles. The summed E-state index contributed by atoms with van der Waals surface area (Å²) >= 11 is 0. The van der Waals surface area contributed by atoms with Gasteiger partial charge >= 0.3 is 0 Å². The molecule has 0 amide bonds. The molecule has 0 aliphatic rings. The largest absolute Gasteiger partial charge is 0.468 e. The summed E-state index contributed by atoms with van der Waals surface area (Å²) in [7, 11) is 0. The fraction of sp³-hybridized carbons (Fsp3) is 0.733. The maximum Gasteiger partial charge on any atom is 0.122 e. The zero-order valence-corrected chi connectivity index (χ0v) is 12.9. The third kappa shape index (κ3) is 5.63. The third-order valence-electron chi connectivity index (χ3n) is 3.18. The highest BCUT2D eigenvalue weighted by Crippen LogP contribution is 2.23. The molecule has 0 aliphatic carbocycles. The van der Waals surface area contributed by atoms with Gasteiger partial charge in [-0.05, 0) is 32.9 Å². The Labute approximate surface area is 122 Å². The van der Waals surface area contributed by atoms with E-state index in [0.29, 0.717) is 13.2 Å². The smallest absolute Gasteiger partial charge is 0.122 e. The molecule has 0 fully saturated rings. The highest BCUT2D eigenvalue weighted by atomic mass is 16.5. The monoisotopic (exact) mass is 284 g/mol. The lowest BCUT2D eigenvalue weighted by Gasteiger charge is -2.32. The van der Waals surface area contributed by atoms with Crippen LogP contribution in [0.2, 0.25) is 0 Å². The summed E-state index contributed by atoms with van der Waals surface area (Å²) in [6.45, 7) is 10.5. The van der Waals surface area contributed by atoms with Gasteiger partial charge in [0.25, 0.3) is 0 Å². The van der Waals surface area contributed by atoms with E-state index >= 15 is 0 Å². The summed E-state index contributed by atoms with van der Waals surface area (Å²) in [5, 5.41) is 0. The molecule has 20 heavy (non-hydrogen) atoms. The van der Waals surface area contributed by atoms with Gasteiger partial charge in [0, 0.05) is 32.3 Å². The van der Waals surface area contributed by atoms with Crippen LogP contribution in [0.4, 0.5) is 0 Å². The predicted octanol–water partition coefficient (Wildman–Crippen LogP) is 2.04. The van der Waals surface area contributed by atoms with Crippen molar-refractivity contribution in [2.24, 2.45) is 5.73 Å². The average molecular weight is 284 g/mol. The van der Waals surface area contributed by atoms with Crippen molar-refractivity contribution in [2.45, 2.75) is 32.9 Å². The zero-order chi connectivity index (χ0) is 14.8. The van der Waals surface area contributed by atoms with E-state index in [4.69, 9.17) is 19.6 Å². The van der Waals surface area contributed by atoms with Crippen LogP contribution in [0.1, 0.15) is 32.6 Å². The molecule has 2 atom stereocenters. The standard InChI is InChI=1S/C15H28N2O3/c1-4-18-11-8-17(9-12-19-5-2)15(13(3)16)14-7-6-10-20-14/h6-7,10,13,15H,4-5,8-9,11-12,16H2,1-3H3. The van der Waals surface area contributed by atoms with Gasteiger partial charge in [0.2, 0.25) is 0 Å². The van der Waals surface area contributed by atoms with Gasteiger partial charge in [-0.1, -0.05) is 0 Å². The van der Waals surface area contributed by atoms with Gasteiger partial charge in [0.1, 0.15) is 5.76 Å². The summed E-state index contributed by atoms with van der Waals surface area (Å²) in [5.41, 5.74) is 6.15. The third-order valence-corrected chi connectivity index (χ3v) is 3.18. The second-order valence-electron chi connectivity index (χ2n) is 4.75. The second kappa shape index (κ2) is 9.94. The van der Waals surface area contributed by atoms with Crippen molar-refractivity contribution in [3.05, 3.63) is 24.2 Å². The average Bonchev–Trinajstić information content (AvgIpc) is 2.92. The minimum atomic E-state index is -0.0237. The van der Waals surface area contributed by atoms with Gasteiger partial charge in [0.05, 0.1) is 25.5 Å². The lowest BCUT2D eigenvalue weighted by Crippen LogP contribution is -2.42. The molecule has 2 N–H and O–H groups in total. The van der Waals surface area contributed by atoms with Crippen LogP contribution in [0.15, 0.2) is 22.8 Å². The first-order valence-corrected chi connectivity index (χ1v) is 7.39. The van der Waals surface area contributed by atoms with Gasteiger partial charge in [-0.15, -0.1) is 0 Å². The number of nitrogens with zero attached hydrogens (tertiary/aromatic N) is 1. The maximum absolute atomic E-state index is 6.15. The molecule has 0 aliphatic heterocycles. The van der Waals surface area contributed by atoms with Crippen LogP contribution < -0.4 is 5.73 Å². The number of ether oxygens (including phenoxy) is 2. The Morgan fingerprint density at radius 3 is 2.20 bits per heavy atom. The minimum Gasteiger partial charge on any atom is -0.468 e. The Morgan fingerprint density at radius 2 is 1.80 bits per heavy atom. The van der Waals surface area contributed by atoms with Crippen molar-refractivity contribution in [1.29, 1.82) is 0 Å². The molecule has 5 nitrogen and oxygen atoms in total. The Balaban J connectivity index is 2.69. The van der Waals surface area contributed by atoms with Crippen molar-refractivity contribution in [3.63, 3.8) is 0 Å². The molecular weight excluding hydrogens is 256 g/mol. The Bertz CT molecular complexity index is 318. The first-order chi connectivity index (χ1) is 9.70. The summed E-state index contributed by atoms with van der Waals surface area (Å²) in [6, 6.07) is 3.89. The van der Waals surface area contributed by atoms with Gasteiger partial charge in [-0.2, -0.15) is 0 Å². The van der Waals surface area contributed by atoms with Crippen LogP contribution in [0.5, 0.6) is 0 Å². The SMILES string of the molecule is CCOCCN(CCOCC)C(c1ccco1)C(C)N. The van der Waals surface area contributed by atoms with Crippen LogP contribution in [-0.2, 0) is 9.47 Å². The molecule has 1 rings (SSSR count). The van der Waals surface area contributed by atoms with Crippen molar-refractivity contribution in [2.75, 3.05) is 39.5 Å². The fourth-order valence-electron chi connectivity index (χ4n) is 2.27. The number of nitrogens with two attached hydrogens (primary N) is 1. The predicted molar refractivity (Wildman–Crippen MR) is 79.7 cm³/mol. The van der Waals surface area contributed by atoms with E-state index < -0.39 is 0 Å². The first kappa shape index (κ1) is 17.2. The van der Waals surface area contributed by atoms with E-state index in [1.165, 1.54) is 0 Å². The van der Waals surface area contributed by atoms with Crippen molar-refractivity contribution < 1.29 is 13.9 Å². The number of hydrogen-bond acceptors (Lipinski definition) is 5. The van der Waals surface area contributed by atoms with Crippen LogP contribution >= 0.6 is 0 Å². The summed E-state index contributed by atoms with van der Waals surface area (Å²) in [5.74, 6) is 0.896. The lowest BCUT2D eigenvalue weighted by atomic mass is 10.1. The highest BCUT2D eigenvalue weighted by Gasteiger charge is 2.26. The highest BCUT2D eigenvalue weighted by molar-refractivity contribution is 5.07. The molecule has 1 aromatic rings. The normalized spacial score (nSPS) is 14.7. The van der Waals surface area contributed by atoms with E-state index in [0.717, 1.165) is 32.1 Å². The fourth-order valence-corrected chi connectivity index (χ4v) is 2.27. The van der Waals surface area contributed by atoms with Crippen LogP contribution in [-0.4, -0.2) is 50.5 Å². The Hall–Kier alpha value is -0.880. The number of furan rings is 1. The van der Waals surface area contributed by atoms with Crippen LogP contribution in [0.25, 0.3) is 0 Å². The molecule has 2 unspecified atom stereocenters. The molecule has 5 heteroatoms. The van der Waals surface area contributed by atoms with E-state index in [9.17, 15) is 0 Å². The molecule has 0 saturated carbocycles. The van der Waals surface area contributed by atoms with Gasteiger partial charge < -0.3 is 19.6 Å². The molecule has 0 radical (unpaired) electrons. The Kier molecular flexibility index (Phi) is 8.53. The number of hydrogen-bond donors (Lipinski definition) is 1. The lowest BCUT2D eigenvalue weighted by molar-refractivity contribution is 0.0516. The second-order valence-corrected chi connectivity index (χ2v) is 4.75. The van der Waals surface area contributed by atoms with E-state index in [1.54, 1.807) is 6.26 Å². The Morgan fingerprint density at radius 1 is 1.20 bits per heavy atom. The van der Waals surface area contributed by atoms with E-state index in [-0.39, 0.29) is 12.1 Å². The summed E-state index contributed by atoms with van der Waals surface area (Å²) in [6.07, 6.45) is 1.69.